The number of rotatable bonds is 7. The molecule has 0 saturated carbocycles. The van der Waals surface area contributed by atoms with Gasteiger partial charge in [-0.15, -0.1) is 0 Å². The summed E-state index contributed by atoms with van der Waals surface area (Å²) < 4.78 is 34.4. The Balaban J connectivity index is 1.69. The largest absolute Gasteiger partial charge is 0.485 e. The van der Waals surface area contributed by atoms with Crippen LogP contribution in [-0.2, 0) is 17.1 Å². The highest BCUT2D eigenvalue weighted by Crippen LogP contribution is 2.25. The predicted octanol–water partition coefficient (Wildman–Crippen LogP) is 4.04. The summed E-state index contributed by atoms with van der Waals surface area (Å²) in [6.45, 7) is 5.68. The zero-order valence-corrected chi connectivity index (χ0v) is 18.7. The number of sulfonamides is 1. The number of hydrogen-bond acceptors (Lipinski definition) is 4. The second-order valence-corrected chi connectivity index (χ2v) is 9.30. The molecule has 0 amide bonds. The smallest absolute Gasteiger partial charge is 0.264 e. The van der Waals surface area contributed by atoms with Gasteiger partial charge in [-0.1, -0.05) is 17.7 Å². The Labute approximate surface area is 177 Å². The third-order valence-electron chi connectivity index (χ3n) is 5.33. The molecule has 7 heteroatoms. The Bertz CT molecular complexity index is 1160. The van der Waals surface area contributed by atoms with Crippen LogP contribution in [0.1, 0.15) is 27.3 Å². The number of aromatic nitrogens is 1. The minimum atomic E-state index is -3.65. The predicted molar refractivity (Wildman–Crippen MR) is 118 cm³/mol. The lowest BCUT2D eigenvalue weighted by Crippen LogP contribution is -2.26. The van der Waals surface area contributed by atoms with Gasteiger partial charge in [0.25, 0.3) is 10.0 Å². The number of nitrogens with zero attached hydrogens (tertiary/aromatic N) is 2. The average Bonchev–Trinajstić information content (AvgIpc) is 2.99. The number of hydrogen-bond donors (Lipinski definition) is 0. The van der Waals surface area contributed by atoms with Crippen LogP contribution in [-0.4, -0.2) is 32.4 Å². The minimum absolute atomic E-state index is 0.0822. The number of ketones is 1. The minimum Gasteiger partial charge on any atom is -0.485 e. The molecule has 158 valence electrons. The lowest BCUT2D eigenvalue weighted by atomic mass is 10.1. The topological polar surface area (TPSA) is 68.6 Å². The summed E-state index contributed by atoms with van der Waals surface area (Å²) in [5.41, 5.74) is 4.06. The number of carbonyl (C=O) groups excluding carboxylic acids is 1. The van der Waals surface area contributed by atoms with E-state index in [9.17, 15) is 13.2 Å². The van der Waals surface area contributed by atoms with E-state index in [1.54, 1.807) is 48.5 Å². The summed E-state index contributed by atoms with van der Waals surface area (Å²) in [6.07, 6.45) is 0. The van der Waals surface area contributed by atoms with E-state index in [0.29, 0.717) is 17.0 Å². The van der Waals surface area contributed by atoms with Crippen LogP contribution in [0.25, 0.3) is 0 Å². The zero-order chi connectivity index (χ0) is 22.1. The van der Waals surface area contributed by atoms with Crippen LogP contribution < -0.4 is 9.04 Å². The molecule has 6 nitrogen and oxygen atoms in total. The molecule has 0 unspecified atom stereocenters. The van der Waals surface area contributed by atoms with Crippen molar-refractivity contribution in [2.24, 2.45) is 7.05 Å². The molecule has 30 heavy (non-hydrogen) atoms. The lowest BCUT2D eigenvalue weighted by Gasteiger charge is -2.20. The molecule has 0 fully saturated rings. The molecule has 3 rings (SSSR count). The summed E-state index contributed by atoms with van der Waals surface area (Å²) in [6, 6.07) is 15.2. The van der Waals surface area contributed by atoms with Gasteiger partial charge in [0.15, 0.2) is 6.61 Å². The first-order chi connectivity index (χ1) is 14.1. The Kier molecular flexibility index (Phi) is 6.03. The van der Waals surface area contributed by atoms with Crippen molar-refractivity contribution in [3.05, 3.63) is 77.1 Å². The Morgan fingerprint density at radius 1 is 1.00 bits per heavy atom. The number of aryl methyl sites for hydroxylation is 2. The second kappa shape index (κ2) is 8.36. The van der Waals surface area contributed by atoms with E-state index in [-0.39, 0.29) is 17.3 Å². The standard InChI is InChI=1S/C23H26N2O4S/c1-16-6-12-21(13-7-16)30(27,28)25(5)19-8-10-20(11-9-19)29-15-23(26)22-14-17(2)24(4)18(22)3/h6-14H,15H2,1-5H3. The van der Waals surface area contributed by atoms with Gasteiger partial charge >= 0.3 is 0 Å². The van der Waals surface area contributed by atoms with Gasteiger partial charge in [0.2, 0.25) is 5.78 Å². The van der Waals surface area contributed by atoms with Gasteiger partial charge in [-0.25, -0.2) is 8.42 Å². The van der Waals surface area contributed by atoms with Crippen molar-refractivity contribution in [1.82, 2.24) is 4.57 Å². The Morgan fingerprint density at radius 2 is 1.60 bits per heavy atom. The normalized spacial score (nSPS) is 11.4. The Hall–Kier alpha value is -3.06. The van der Waals surface area contributed by atoms with E-state index in [2.05, 4.69) is 0 Å². The van der Waals surface area contributed by atoms with Crippen LogP contribution in [0.3, 0.4) is 0 Å². The van der Waals surface area contributed by atoms with Crippen LogP contribution in [0.5, 0.6) is 5.75 Å². The van der Waals surface area contributed by atoms with E-state index in [1.807, 2.05) is 38.5 Å². The summed E-state index contributed by atoms with van der Waals surface area (Å²) in [7, 11) is -0.226. The van der Waals surface area contributed by atoms with Gasteiger partial charge in [-0.2, -0.15) is 0 Å². The summed E-state index contributed by atoms with van der Waals surface area (Å²) in [5, 5.41) is 0. The molecule has 0 atom stereocenters. The first-order valence-electron chi connectivity index (χ1n) is 9.56. The SMILES string of the molecule is Cc1ccc(S(=O)(=O)N(C)c2ccc(OCC(=O)c3cc(C)n(C)c3C)cc2)cc1. The molecule has 0 spiro atoms. The van der Waals surface area contributed by atoms with E-state index in [4.69, 9.17) is 4.74 Å². The summed E-state index contributed by atoms with van der Waals surface area (Å²) in [4.78, 5) is 12.7. The van der Waals surface area contributed by atoms with Crippen molar-refractivity contribution < 1.29 is 17.9 Å². The van der Waals surface area contributed by atoms with Gasteiger partial charge < -0.3 is 9.30 Å². The molecular formula is C23H26N2O4S. The maximum Gasteiger partial charge on any atom is 0.264 e. The van der Waals surface area contributed by atoms with E-state index in [1.165, 1.54) is 11.4 Å². The fourth-order valence-corrected chi connectivity index (χ4v) is 4.32. The number of Topliss-reactive ketones (excluding diaryl/α,β-unsaturated/α-hetero) is 1. The first kappa shape index (κ1) is 21.6. The van der Waals surface area contributed by atoms with Crippen LogP contribution in [0.2, 0.25) is 0 Å². The summed E-state index contributed by atoms with van der Waals surface area (Å²) in [5.74, 6) is 0.401. The van der Waals surface area contributed by atoms with Gasteiger partial charge in [-0.05, 0) is 63.2 Å². The highest BCUT2D eigenvalue weighted by atomic mass is 32.2. The maximum atomic E-state index is 12.8. The van der Waals surface area contributed by atoms with Crippen LogP contribution >= 0.6 is 0 Å². The summed E-state index contributed by atoms with van der Waals surface area (Å²) >= 11 is 0. The molecule has 0 aliphatic rings. The third kappa shape index (κ3) is 4.26. The fraction of sp³-hybridized carbons (Fsp3) is 0.261. The first-order valence-corrected chi connectivity index (χ1v) is 11.0. The van der Waals surface area contributed by atoms with Gasteiger partial charge in [0.1, 0.15) is 5.75 Å². The van der Waals surface area contributed by atoms with Crippen molar-refractivity contribution >= 4 is 21.5 Å². The molecular weight excluding hydrogens is 400 g/mol. The quantitative estimate of drug-likeness (QED) is 0.535. The molecule has 1 heterocycles. The lowest BCUT2D eigenvalue weighted by molar-refractivity contribution is 0.0921. The number of anilines is 1. The van der Waals surface area contributed by atoms with Crippen molar-refractivity contribution in [2.45, 2.75) is 25.7 Å². The molecule has 0 aliphatic carbocycles. The number of carbonyl (C=O) groups is 1. The van der Waals surface area contributed by atoms with E-state index < -0.39 is 10.0 Å². The molecule has 0 N–H and O–H groups in total. The van der Waals surface area contributed by atoms with Gasteiger partial charge in [0.05, 0.1) is 10.6 Å². The van der Waals surface area contributed by atoms with Crippen molar-refractivity contribution in [2.75, 3.05) is 18.0 Å². The molecule has 0 radical (unpaired) electrons. The molecule has 0 bridgehead atoms. The number of ether oxygens (including phenoxy) is 1. The van der Waals surface area contributed by atoms with E-state index >= 15 is 0 Å². The molecule has 3 aromatic rings. The molecule has 2 aromatic carbocycles. The van der Waals surface area contributed by atoms with Gasteiger partial charge in [-0.3, -0.25) is 9.10 Å². The Morgan fingerprint density at radius 3 is 2.13 bits per heavy atom. The molecule has 0 aliphatic heterocycles. The van der Waals surface area contributed by atoms with E-state index in [0.717, 1.165) is 17.0 Å². The fourth-order valence-electron chi connectivity index (χ4n) is 3.12. The second-order valence-electron chi connectivity index (χ2n) is 7.34. The van der Waals surface area contributed by atoms with Crippen LogP contribution in [0, 0.1) is 20.8 Å². The van der Waals surface area contributed by atoms with Crippen LogP contribution in [0.15, 0.2) is 59.5 Å². The molecule has 0 saturated heterocycles. The van der Waals surface area contributed by atoms with Crippen molar-refractivity contribution in [3.8, 4) is 5.75 Å². The maximum absolute atomic E-state index is 12.8. The highest BCUT2D eigenvalue weighted by Gasteiger charge is 2.21. The third-order valence-corrected chi connectivity index (χ3v) is 7.13. The average molecular weight is 427 g/mol. The molecule has 1 aromatic heterocycles. The van der Waals surface area contributed by atoms with Crippen molar-refractivity contribution in [3.63, 3.8) is 0 Å². The van der Waals surface area contributed by atoms with Crippen LogP contribution in [0.4, 0.5) is 5.69 Å². The highest BCUT2D eigenvalue weighted by molar-refractivity contribution is 7.92. The van der Waals surface area contributed by atoms with Gasteiger partial charge in [0, 0.05) is 31.0 Å². The number of benzene rings is 2. The monoisotopic (exact) mass is 426 g/mol. The zero-order valence-electron chi connectivity index (χ0n) is 17.8. The van der Waals surface area contributed by atoms with Crippen molar-refractivity contribution in [1.29, 1.82) is 0 Å².